The van der Waals surface area contributed by atoms with E-state index in [0.29, 0.717) is 13.0 Å². The van der Waals surface area contributed by atoms with E-state index in [-0.39, 0.29) is 31.1 Å². The molecule has 1 aromatic carbocycles. The van der Waals surface area contributed by atoms with Crippen LogP contribution in [0.1, 0.15) is 58.4 Å². The molecule has 0 bridgehead atoms. The Bertz CT molecular complexity index is 1110. The maximum atomic E-state index is 14.1. The van der Waals surface area contributed by atoms with Crippen LogP contribution < -0.4 is 10.6 Å². The maximum absolute atomic E-state index is 14.1. The Morgan fingerprint density at radius 1 is 1.15 bits per heavy atom. The number of nitrogens with one attached hydrogen (secondary N) is 2. The Morgan fingerprint density at radius 3 is 2.40 bits per heavy atom. The standard InChI is InChI=1S/C30H42N4O6/c1-6-21-16-30(21,27(37)39-5)32-25(35)23-18-33(17-20-12-8-7-9-13-20)19-34(23)26(36)24(29(2,3)4)31-28(38)40-22-14-10-11-15-22/h6-9,12-13,21-24H,1,10-11,14-19H2,2-5H3,(H,31,38)(H,32,35)/t21-,23+,24-,30-/m1/s1. The van der Waals surface area contributed by atoms with Gasteiger partial charge in [-0.2, -0.15) is 0 Å². The van der Waals surface area contributed by atoms with Gasteiger partial charge in [0.05, 0.1) is 13.8 Å². The summed E-state index contributed by atoms with van der Waals surface area (Å²) >= 11 is 0. The van der Waals surface area contributed by atoms with E-state index in [1.165, 1.54) is 12.0 Å². The van der Waals surface area contributed by atoms with Crippen molar-refractivity contribution in [3.05, 3.63) is 48.6 Å². The summed E-state index contributed by atoms with van der Waals surface area (Å²) in [7, 11) is 1.28. The number of rotatable bonds is 9. The highest BCUT2D eigenvalue weighted by atomic mass is 16.6. The highest BCUT2D eigenvalue weighted by molar-refractivity contribution is 5.96. The first-order valence-electron chi connectivity index (χ1n) is 14.1. The summed E-state index contributed by atoms with van der Waals surface area (Å²) in [6.07, 6.45) is 4.92. The highest BCUT2D eigenvalue weighted by Crippen LogP contribution is 2.45. The van der Waals surface area contributed by atoms with Crippen LogP contribution in [0.5, 0.6) is 0 Å². The highest BCUT2D eigenvalue weighted by Gasteiger charge is 2.62. The Hall–Kier alpha value is -3.40. The number of esters is 1. The third-order valence-corrected chi connectivity index (χ3v) is 8.14. The predicted molar refractivity (Wildman–Crippen MR) is 149 cm³/mol. The van der Waals surface area contributed by atoms with Gasteiger partial charge in [-0.1, -0.05) is 57.2 Å². The SMILES string of the molecule is C=C[C@@H]1C[C@]1(NC(=O)[C@@H]1CN(Cc2ccccc2)CN1C(=O)[C@@H](NC(=O)OC1CCCC1)C(C)(C)C)C(=O)OC. The molecule has 0 radical (unpaired) electrons. The van der Waals surface area contributed by atoms with Gasteiger partial charge in [-0.05, 0) is 43.1 Å². The number of carbonyl (C=O) groups is 4. The van der Waals surface area contributed by atoms with Crippen LogP contribution >= 0.6 is 0 Å². The fourth-order valence-electron chi connectivity index (χ4n) is 5.73. The molecule has 218 valence electrons. The Morgan fingerprint density at radius 2 is 1.82 bits per heavy atom. The minimum Gasteiger partial charge on any atom is -0.467 e. The number of alkyl carbamates (subject to hydrolysis) is 1. The second kappa shape index (κ2) is 12.0. The van der Waals surface area contributed by atoms with Gasteiger partial charge in [-0.25, -0.2) is 9.59 Å². The molecular formula is C30H42N4O6. The lowest BCUT2D eigenvalue weighted by molar-refractivity contribution is -0.148. The fraction of sp³-hybridized carbons (Fsp3) is 0.600. The number of hydrogen-bond donors (Lipinski definition) is 2. The molecule has 0 spiro atoms. The molecule has 2 N–H and O–H groups in total. The van der Waals surface area contributed by atoms with Gasteiger partial charge in [0.15, 0.2) is 0 Å². The van der Waals surface area contributed by atoms with Crippen molar-refractivity contribution < 1.29 is 28.7 Å². The van der Waals surface area contributed by atoms with Crippen LogP contribution in [0.25, 0.3) is 0 Å². The molecule has 3 amide bonds. The molecule has 1 saturated heterocycles. The molecule has 3 fully saturated rings. The van der Waals surface area contributed by atoms with E-state index < -0.39 is 41.0 Å². The van der Waals surface area contributed by atoms with Crippen LogP contribution in [0.2, 0.25) is 0 Å². The average molecular weight is 555 g/mol. The number of methoxy groups -OCH3 is 1. The molecule has 40 heavy (non-hydrogen) atoms. The van der Waals surface area contributed by atoms with Crippen molar-refractivity contribution in [1.29, 1.82) is 0 Å². The molecule has 2 aliphatic carbocycles. The minimum atomic E-state index is -1.18. The summed E-state index contributed by atoms with van der Waals surface area (Å²) in [5, 5.41) is 5.68. The van der Waals surface area contributed by atoms with Gasteiger partial charge in [0.2, 0.25) is 11.8 Å². The number of carbonyl (C=O) groups excluding carboxylic acids is 4. The molecule has 0 unspecified atom stereocenters. The van der Waals surface area contributed by atoms with Crippen LogP contribution in [-0.4, -0.2) is 77.7 Å². The molecular weight excluding hydrogens is 512 g/mol. The molecule has 10 heteroatoms. The number of ether oxygens (including phenoxy) is 2. The molecule has 4 atom stereocenters. The number of benzene rings is 1. The van der Waals surface area contributed by atoms with Gasteiger partial charge in [0.25, 0.3) is 0 Å². The summed E-state index contributed by atoms with van der Waals surface area (Å²) in [6.45, 7) is 10.4. The minimum absolute atomic E-state index is 0.145. The number of hydrogen-bond acceptors (Lipinski definition) is 7. The lowest BCUT2D eigenvalue weighted by Crippen LogP contribution is -2.59. The molecule has 2 saturated carbocycles. The zero-order chi connectivity index (χ0) is 29.1. The number of nitrogens with zero attached hydrogens (tertiary/aromatic N) is 2. The molecule has 1 aliphatic heterocycles. The van der Waals surface area contributed by atoms with Gasteiger partial charge in [0, 0.05) is 19.0 Å². The summed E-state index contributed by atoms with van der Waals surface area (Å²) in [5.41, 5.74) is -0.791. The van der Waals surface area contributed by atoms with Gasteiger partial charge in [-0.3, -0.25) is 14.5 Å². The van der Waals surface area contributed by atoms with Crippen LogP contribution in [0.4, 0.5) is 4.79 Å². The predicted octanol–water partition coefficient (Wildman–Crippen LogP) is 2.97. The second-order valence-corrected chi connectivity index (χ2v) is 12.2. The van der Waals surface area contributed by atoms with Crippen molar-refractivity contribution in [3.63, 3.8) is 0 Å². The van der Waals surface area contributed by atoms with E-state index in [9.17, 15) is 19.2 Å². The van der Waals surface area contributed by atoms with E-state index in [4.69, 9.17) is 9.47 Å². The number of amides is 3. The molecule has 1 heterocycles. The lowest BCUT2D eigenvalue weighted by Gasteiger charge is -2.35. The van der Waals surface area contributed by atoms with E-state index in [1.807, 2.05) is 56.0 Å². The monoisotopic (exact) mass is 554 g/mol. The Kier molecular flexibility index (Phi) is 8.87. The summed E-state index contributed by atoms with van der Waals surface area (Å²) in [4.78, 5) is 56.8. The lowest BCUT2D eigenvalue weighted by atomic mass is 9.85. The first-order valence-corrected chi connectivity index (χ1v) is 14.1. The first kappa shape index (κ1) is 29.6. The smallest absolute Gasteiger partial charge is 0.408 e. The maximum Gasteiger partial charge on any atom is 0.408 e. The van der Waals surface area contributed by atoms with Crippen molar-refractivity contribution >= 4 is 23.9 Å². The van der Waals surface area contributed by atoms with Crippen molar-refractivity contribution in [2.24, 2.45) is 11.3 Å². The van der Waals surface area contributed by atoms with Crippen molar-refractivity contribution in [1.82, 2.24) is 20.4 Å². The molecule has 3 aliphatic rings. The average Bonchev–Trinajstić information content (AvgIpc) is 3.20. The zero-order valence-corrected chi connectivity index (χ0v) is 24.0. The van der Waals surface area contributed by atoms with Crippen LogP contribution in [-0.2, 0) is 30.4 Å². The summed E-state index contributed by atoms with van der Waals surface area (Å²) < 4.78 is 10.6. The van der Waals surface area contributed by atoms with Gasteiger partial charge >= 0.3 is 12.1 Å². The summed E-state index contributed by atoms with van der Waals surface area (Å²) in [6, 6.07) is 7.99. The van der Waals surface area contributed by atoms with E-state index >= 15 is 0 Å². The van der Waals surface area contributed by atoms with Crippen molar-refractivity contribution in [3.8, 4) is 0 Å². The third kappa shape index (κ3) is 6.49. The van der Waals surface area contributed by atoms with E-state index in [2.05, 4.69) is 17.2 Å². The van der Waals surface area contributed by atoms with Gasteiger partial charge < -0.3 is 25.0 Å². The van der Waals surface area contributed by atoms with Crippen LogP contribution in [0.15, 0.2) is 43.0 Å². The molecule has 10 nitrogen and oxygen atoms in total. The quantitative estimate of drug-likeness (QED) is 0.356. The molecule has 0 aromatic heterocycles. The first-order chi connectivity index (χ1) is 19.0. The van der Waals surface area contributed by atoms with Gasteiger partial charge in [0.1, 0.15) is 23.7 Å². The normalized spacial score (nSPS) is 25.6. The van der Waals surface area contributed by atoms with Gasteiger partial charge in [-0.15, -0.1) is 6.58 Å². The largest absolute Gasteiger partial charge is 0.467 e. The zero-order valence-electron chi connectivity index (χ0n) is 24.0. The van der Waals surface area contributed by atoms with Crippen LogP contribution in [0, 0.1) is 11.3 Å². The fourth-order valence-corrected chi connectivity index (χ4v) is 5.73. The van der Waals surface area contributed by atoms with Crippen molar-refractivity contribution in [2.75, 3.05) is 20.3 Å². The topological polar surface area (TPSA) is 117 Å². The Balaban J connectivity index is 1.56. The van der Waals surface area contributed by atoms with E-state index in [1.54, 1.807) is 6.08 Å². The van der Waals surface area contributed by atoms with Crippen molar-refractivity contribution in [2.45, 2.75) is 83.1 Å². The Labute approximate surface area is 236 Å². The molecule has 1 aromatic rings. The second-order valence-electron chi connectivity index (χ2n) is 12.2. The third-order valence-electron chi connectivity index (χ3n) is 8.14. The van der Waals surface area contributed by atoms with Crippen LogP contribution in [0.3, 0.4) is 0 Å². The van der Waals surface area contributed by atoms with E-state index in [0.717, 1.165) is 31.2 Å². The summed E-state index contributed by atoms with van der Waals surface area (Å²) in [5.74, 6) is -1.61. The molecule has 4 rings (SSSR count).